The van der Waals surface area contributed by atoms with Crippen LogP contribution in [-0.2, 0) is 33.2 Å². The normalized spacial score (nSPS) is 29.5. The smallest absolute Gasteiger partial charge is 0.220 e. The number of nitrogens with one attached hydrogen (secondary N) is 1. The number of hydrogen-bond acceptors (Lipinski definition) is 18. The summed E-state index contributed by atoms with van der Waals surface area (Å²) in [4.78, 5) is 13.3. The molecule has 0 spiro atoms. The molecule has 19 heteroatoms. The maximum absolute atomic E-state index is 13.3. The summed E-state index contributed by atoms with van der Waals surface area (Å²) < 4.78 is 34.2. The van der Waals surface area contributed by atoms with E-state index in [0.29, 0.717) is 19.3 Å². The molecule has 17 atom stereocenters. The summed E-state index contributed by atoms with van der Waals surface area (Å²) in [7, 11) is 0. The molecule has 0 aromatic heterocycles. The molecule has 85 heavy (non-hydrogen) atoms. The molecule has 3 saturated heterocycles. The third-order valence-electron chi connectivity index (χ3n) is 15.7. The molecule has 3 aliphatic rings. The summed E-state index contributed by atoms with van der Waals surface area (Å²) in [6.07, 6.45) is 32.9. The molecule has 3 fully saturated rings. The summed E-state index contributed by atoms with van der Waals surface area (Å²) in [6.45, 7) is 1.54. The maximum Gasteiger partial charge on any atom is 0.220 e. The fourth-order valence-corrected chi connectivity index (χ4v) is 10.4. The largest absolute Gasteiger partial charge is 0.394 e. The van der Waals surface area contributed by atoms with Crippen LogP contribution in [-0.4, -0.2) is 193 Å². The molecule has 3 rings (SSSR count). The summed E-state index contributed by atoms with van der Waals surface area (Å²) in [5, 5.41) is 120. The zero-order chi connectivity index (χ0) is 61.9. The number of carbonyl (C=O) groups is 1. The number of amides is 1. The number of hydrogen-bond donors (Lipinski definition) is 12. The van der Waals surface area contributed by atoms with Gasteiger partial charge in [-0.1, -0.05) is 202 Å². The van der Waals surface area contributed by atoms with E-state index in [1.807, 2.05) is 18.2 Å². The highest BCUT2D eigenvalue weighted by molar-refractivity contribution is 5.76. The van der Waals surface area contributed by atoms with Gasteiger partial charge in [0.15, 0.2) is 18.9 Å². The van der Waals surface area contributed by atoms with Crippen molar-refractivity contribution in [3.8, 4) is 0 Å². The Labute approximate surface area is 508 Å². The molecule has 0 aromatic carbocycles. The van der Waals surface area contributed by atoms with Crippen LogP contribution in [0.5, 0.6) is 0 Å². The van der Waals surface area contributed by atoms with Crippen molar-refractivity contribution < 1.29 is 89.4 Å². The molecular formula is C66H113NO18. The van der Waals surface area contributed by atoms with Gasteiger partial charge in [-0.05, 0) is 70.6 Å². The van der Waals surface area contributed by atoms with Crippen LogP contribution in [0.1, 0.15) is 194 Å². The van der Waals surface area contributed by atoms with Gasteiger partial charge in [-0.2, -0.15) is 0 Å². The van der Waals surface area contributed by atoms with Crippen molar-refractivity contribution in [3.63, 3.8) is 0 Å². The van der Waals surface area contributed by atoms with Crippen molar-refractivity contribution in [2.45, 2.75) is 298 Å². The number of aliphatic hydroxyl groups is 11. The van der Waals surface area contributed by atoms with Gasteiger partial charge in [-0.15, -0.1) is 0 Å². The maximum atomic E-state index is 13.3. The van der Waals surface area contributed by atoms with Gasteiger partial charge in [-0.3, -0.25) is 4.79 Å². The molecule has 17 unspecified atom stereocenters. The molecular weight excluding hydrogens is 1090 g/mol. The lowest BCUT2D eigenvalue weighted by Crippen LogP contribution is -2.66. The van der Waals surface area contributed by atoms with Crippen molar-refractivity contribution in [2.24, 2.45) is 0 Å². The number of carbonyl (C=O) groups excluding carboxylic acids is 1. The van der Waals surface area contributed by atoms with Crippen molar-refractivity contribution in [2.75, 3.05) is 26.4 Å². The van der Waals surface area contributed by atoms with Crippen LogP contribution in [0.25, 0.3) is 0 Å². The standard InChI is InChI=1S/C66H113NO18/c1-3-5-7-9-11-13-15-17-19-21-22-23-24-25-26-28-29-31-33-35-37-39-41-43-50(71)49(67-54(72)44-42-40-38-36-34-32-30-27-20-18-16-14-12-10-8-6-4-2)48-80-64-60(78)57(75)62(52(46-69)82-64)85-66-61(79)58(76)63(53(47-70)83-66)84-65-59(77)56(74)55(73)51(45-68)81-65/h6,8,12,14,18,20,30,32-33,35-36,38,41,43,49-53,55-66,68-71,73-79H,3-5,7,9-11,13,15-17,19,21-29,31,34,37,39-40,42,44-48H2,1-2H3,(H,67,72)/b8-6-,14-12-,20-18-,32-30-,35-33+,38-36-,43-41+. The molecule has 3 heterocycles. The summed E-state index contributed by atoms with van der Waals surface area (Å²) >= 11 is 0. The summed E-state index contributed by atoms with van der Waals surface area (Å²) in [5.74, 6) is -0.345. The number of aliphatic hydroxyl groups excluding tert-OH is 11. The highest BCUT2D eigenvalue weighted by atomic mass is 16.8. The predicted octanol–water partition coefficient (Wildman–Crippen LogP) is 7.15. The Morgan fingerprint density at radius 1 is 0.435 bits per heavy atom. The van der Waals surface area contributed by atoms with E-state index in [4.69, 9.17) is 28.4 Å². The first-order valence-electron chi connectivity index (χ1n) is 32.3. The lowest BCUT2D eigenvalue weighted by Gasteiger charge is -2.48. The highest BCUT2D eigenvalue weighted by Crippen LogP contribution is 2.33. The zero-order valence-corrected chi connectivity index (χ0v) is 51.3. The van der Waals surface area contributed by atoms with E-state index < -0.39 is 131 Å². The first kappa shape index (κ1) is 76.2. The molecule has 19 nitrogen and oxygen atoms in total. The Morgan fingerprint density at radius 3 is 1.32 bits per heavy atom. The van der Waals surface area contributed by atoms with Crippen LogP contribution in [0, 0.1) is 0 Å². The number of unbranched alkanes of at least 4 members (excludes halogenated alkanes) is 19. The Hall–Kier alpha value is -3.03. The van der Waals surface area contributed by atoms with E-state index in [1.165, 1.54) is 103 Å². The van der Waals surface area contributed by atoms with Gasteiger partial charge in [0.05, 0.1) is 38.6 Å². The van der Waals surface area contributed by atoms with E-state index in [0.717, 1.165) is 51.4 Å². The number of rotatable bonds is 47. The monoisotopic (exact) mass is 1210 g/mol. The Kier molecular flexibility index (Phi) is 43.0. The topological polar surface area (TPSA) is 307 Å². The first-order valence-corrected chi connectivity index (χ1v) is 32.3. The minimum atomic E-state index is -1.99. The molecule has 1 amide bonds. The van der Waals surface area contributed by atoms with Gasteiger partial charge < -0.3 is 89.9 Å². The second-order valence-corrected chi connectivity index (χ2v) is 22.8. The van der Waals surface area contributed by atoms with Gasteiger partial charge in [0.1, 0.15) is 73.2 Å². The van der Waals surface area contributed by atoms with Gasteiger partial charge >= 0.3 is 0 Å². The number of allylic oxidation sites excluding steroid dienone is 13. The van der Waals surface area contributed by atoms with Crippen LogP contribution < -0.4 is 5.32 Å². The molecule has 0 bridgehead atoms. The molecule has 490 valence electrons. The van der Waals surface area contributed by atoms with E-state index >= 15 is 0 Å². The van der Waals surface area contributed by atoms with Crippen LogP contribution in [0.3, 0.4) is 0 Å². The van der Waals surface area contributed by atoms with E-state index in [2.05, 4.69) is 79.9 Å². The van der Waals surface area contributed by atoms with Gasteiger partial charge in [0, 0.05) is 6.42 Å². The van der Waals surface area contributed by atoms with Crippen LogP contribution in [0.15, 0.2) is 85.1 Å². The molecule has 0 aliphatic carbocycles. The van der Waals surface area contributed by atoms with Crippen molar-refractivity contribution in [3.05, 3.63) is 85.1 Å². The number of ether oxygens (including phenoxy) is 6. The van der Waals surface area contributed by atoms with Crippen LogP contribution in [0.4, 0.5) is 0 Å². The van der Waals surface area contributed by atoms with E-state index in [9.17, 15) is 61.0 Å². The first-order chi connectivity index (χ1) is 41.3. The van der Waals surface area contributed by atoms with Gasteiger partial charge in [0.25, 0.3) is 0 Å². The minimum absolute atomic E-state index is 0.153. The second-order valence-electron chi connectivity index (χ2n) is 22.8. The molecule has 12 N–H and O–H groups in total. The average molecular weight is 1210 g/mol. The fraction of sp³-hybridized carbons (Fsp3) is 0.773. The summed E-state index contributed by atoms with van der Waals surface area (Å²) in [6, 6.07) is -1.02. The lowest BCUT2D eigenvalue weighted by molar-refractivity contribution is -0.379. The van der Waals surface area contributed by atoms with Crippen molar-refractivity contribution in [1.29, 1.82) is 0 Å². The quantitative estimate of drug-likeness (QED) is 0.0213. The van der Waals surface area contributed by atoms with E-state index in [1.54, 1.807) is 6.08 Å². The molecule has 0 saturated carbocycles. The van der Waals surface area contributed by atoms with Gasteiger partial charge in [0.2, 0.25) is 5.91 Å². The highest BCUT2D eigenvalue weighted by Gasteiger charge is 2.53. The Bertz CT molecular complexity index is 1880. The fourth-order valence-electron chi connectivity index (χ4n) is 10.4. The third kappa shape index (κ3) is 30.8. The SMILES string of the molecule is CC/C=C\C/C=C\C/C=C\C/C=C\C/C=C\CCCC(=O)NC(COC1OC(CO)C(OC2OC(CO)C(OC3OC(CO)C(O)C(O)C3O)C(O)C2O)C(O)C1O)C(O)/C=C/CC/C=C/CCCCCCCCCCCCCCCCCCC. The molecule has 0 aromatic rings. The zero-order valence-electron chi connectivity index (χ0n) is 51.3. The molecule has 0 radical (unpaired) electrons. The molecule has 3 aliphatic heterocycles. The lowest BCUT2D eigenvalue weighted by atomic mass is 9.96. The van der Waals surface area contributed by atoms with E-state index in [-0.39, 0.29) is 12.3 Å². The minimum Gasteiger partial charge on any atom is -0.394 e. The Morgan fingerprint density at radius 2 is 0.824 bits per heavy atom. The average Bonchev–Trinajstić information content (AvgIpc) is 3.10. The summed E-state index contributed by atoms with van der Waals surface area (Å²) in [5.41, 5.74) is 0. The van der Waals surface area contributed by atoms with Gasteiger partial charge in [-0.25, -0.2) is 0 Å². The van der Waals surface area contributed by atoms with Crippen LogP contribution >= 0.6 is 0 Å². The van der Waals surface area contributed by atoms with Crippen molar-refractivity contribution >= 4 is 5.91 Å². The van der Waals surface area contributed by atoms with Crippen LogP contribution in [0.2, 0.25) is 0 Å². The third-order valence-corrected chi connectivity index (χ3v) is 15.7. The Balaban J connectivity index is 1.50. The predicted molar refractivity (Wildman–Crippen MR) is 328 cm³/mol. The second kappa shape index (κ2) is 47.9. The van der Waals surface area contributed by atoms with Crippen molar-refractivity contribution in [1.82, 2.24) is 5.32 Å².